The molecule has 0 N–H and O–H groups in total. The van der Waals surface area contributed by atoms with E-state index in [1.807, 2.05) is 4.90 Å². The Kier molecular flexibility index (Phi) is 3.48. The zero-order valence-electron chi connectivity index (χ0n) is 11.0. The third-order valence-electron chi connectivity index (χ3n) is 5.00. The summed E-state index contributed by atoms with van der Waals surface area (Å²) in [5, 5.41) is 0.178. The number of halogens is 3. The summed E-state index contributed by atoms with van der Waals surface area (Å²) >= 11 is 6.20. The molecule has 0 radical (unpaired) electrons. The van der Waals surface area contributed by atoms with Crippen LogP contribution in [0.4, 0.5) is 8.78 Å². The Morgan fingerprint density at radius 2 is 1.58 bits per heavy atom. The fourth-order valence-electron chi connectivity index (χ4n) is 3.97. The Labute approximate surface area is 117 Å². The predicted molar refractivity (Wildman–Crippen MR) is 69.4 cm³/mol. The molecule has 19 heavy (non-hydrogen) atoms. The Bertz CT molecular complexity index is 352. The van der Waals surface area contributed by atoms with Gasteiger partial charge >= 0.3 is 0 Å². The lowest BCUT2D eigenvalue weighted by atomic mass is 9.85. The molecule has 2 saturated heterocycles. The SMILES string of the molecule is O=C(C1CCC(F)(F)CC1)N1C2CCC1CC(Cl)C2. The molecule has 1 aliphatic carbocycles. The number of rotatable bonds is 1. The molecule has 3 fully saturated rings. The van der Waals surface area contributed by atoms with Gasteiger partial charge < -0.3 is 4.90 Å². The average molecular weight is 292 g/mol. The van der Waals surface area contributed by atoms with Crippen LogP contribution in [0.5, 0.6) is 0 Å². The van der Waals surface area contributed by atoms with E-state index in [-0.39, 0.29) is 42.1 Å². The van der Waals surface area contributed by atoms with Gasteiger partial charge in [-0.25, -0.2) is 8.78 Å². The summed E-state index contributed by atoms with van der Waals surface area (Å²) in [6.07, 6.45) is 4.21. The van der Waals surface area contributed by atoms with Crippen molar-refractivity contribution in [3.05, 3.63) is 0 Å². The van der Waals surface area contributed by atoms with E-state index in [2.05, 4.69) is 0 Å². The number of amides is 1. The molecule has 2 heterocycles. The highest BCUT2D eigenvalue weighted by atomic mass is 35.5. The second-order valence-corrected chi connectivity index (χ2v) is 6.95. The molecule has 2 bridgehead atoms. The smallest absolute Gasteiger partial charge is 0.248 e. The van der Waals surface area contributed by atoms with Gasteiger partial charge in [-0.05, 0) is 38.5 Å². The van der Waals surface area contributed by atoms with Crippen LogP contribution in [0.3, 0.4) is 0 Å². The molecule has 0 aromatic rings. The van der Waals surface area contributed by atoms with Crippen molar-refractivity contribution < 1.29 is 13.6 Å². The van der Waals surface area contributed by atoms with Crippen molar-refractivity contribution in [2.45, 2.75) is 74.7 Å². The van der Waals surface area contributed by atoms with E-state index in [1.165, 1.54) is 0 Å². The first-order valence-electron chi connectivity index (χ1n) is 7.30. The molecule has 1 saturated carbocycles. The standard InChI is InChI=1S/C14H20ClF2NO/c15-10-7-11-1-2-12(8-10)18(11)13(19)9-3-5-14(16,17)6-4-9/h9-12H,1-8H2. The number of hydrogen-bond acceptors (Lipinski definition) is 1. The number of fused-ring (bicyclic) bond motifs is 2. The van der Waals surface area contributed by atoms with Gasteiger partial charge in [-0.2, -0.15) is 0 Å². The largest absolute Gasteiger partial charge is 0.336 e. The van der Waals surface area contributed by atoms with Gasteiger partial charge in [0, 0.05) is 36.2 Å². The summed E-state index contributed by atoms with van der Waals surface area (Å²) in [5.41, 5.74) is 0. The quantitative estimate of drug-likeness (QED) is 0.676. The highest BCUT2D eigenvalue weighted by Gasteiger charge is 2.46. The summed E-state index contributed by atoms with van der Waals surface area (Å²) in [7, 11) is 0. The normalized spacial score (nSPS) is 38.5. The number of carbonyl (C=O) groups excluding carboxylic acids is 1. The van der Waals surface area contributed by atoms with Crippen molar-refractivity contribution in [2.75, 3.05) is 0 Å². The minimum Gasteiger partial charge on any atom is -0.336 e. The highest BCUT2D eigenvalue weighted by Crippen LogP contribution is 2.42. The molecule has 2 unspecified atom stereocenters. The van der Waals surface area contributed by atoms with Gasteiger partial charge in [-0.3, -0.25) is 4.79 Å². The van der Waals surface area contributed by atoms with E-state index in [0.29, 0.717) is 12.8 Å². The zero-order chi connectivity index (χ0) is 13.6. The van der Waals surface area contributed by atoms with Crippen molar-refractivity contribution in [3.63, 3.8) is 0 Å². The number of nitrogens with zero attached hydrogens (tertiary/aromatic N) is 1. The summed E-state index contributed by atoms with van der Waals surface area (Å²) in [5.74, 6) is -2.63. The summed E-state index contributed by atoms with van der Waals surface area (Å²) in [4.78, 5) is 14.6. The van der Waals surface area contributed by atoms with Crippen LogP contribution in [0, 0.1) is 5.92 Å². The zero-order valence-corrected chi connectivity index (χ0v) is 11.7. The van der Waals surface area contributed by atoms with Gasteiger partial charge in [0.2, 0.25) is 11.8 Å². The van der Waals surface area contributed by atoms with Gasteiger partial charge in [-0.1, -0.05) is 0 Å². The maximum Gasteiger partial charge on any atom is 0.248 e. The maximum absolute atomic E-state index is 13.2. The van der Waals surface area contributed by atoms with Crippen LogP contribution < -0.4 is 0 Å². The van der Waals surface area contributed by atoms with Crippen LogP contribution in [0.25, 0.3) is 0 Å². The van der Waals surface area contributed by atoms with Crippen molar-refractivity contribution in [1.82, 2.24) is 4.90 Å². The number of hydrogen-bond donors (Lipinski definition) is 0. The lowest BCUT2D eigenvalue weighted by molar-refractivity contribution is -0.144. The topological polar surface area (TPSA) is 20.3 Å². The minimum absolute atomic E-state index is 0.117. The monoisotopic (exact) mass is 291 g/mol. The Morgan fingerprint density at radius 1 is 1.05 bits per heavy atom. The Hall–Kier alpha value is -0.380. The van der Waals surface area contributed by atoms with Gasteiger partial charge in [0.05, 0.1) is 0 Å². The second-order valence-electron chi connectivity index (χ2n) is 6.33. The molecule has 2 atom stereocenters. The fraction of sp³-hybridized carbons (Fsp3) is 0.929. The van der Waals surface area contributed by atoms with Crippen LogP contribution in [0.15, 0.2) is 0 Å². The van der Waals surface area contributed by atoms with Gasteiger partial charge in [0.1, 0.15) is 0 Å². The van der Waals surface area contributed by atoms with E-state index in [1.54, 1.807) is 0 Å². The molecule has 2 aliphatic heterocycles. The lowest BCUT2D eigenvalue weighted by Gasteiger charge is -2.40. The van der Waals surface area contributed by atoms with Gasteiger partial charge in [-0.15, -0.1) is 11.6 Å². The third-order valence-corrected chi connectivity index (χ3v) is 5.35. The first-order chi connectivity index (χ1) is 8.96. The first-order valence-corrected chi connectivity index (χ1v) is 7.74. The average Bonchev–Trinajstić information content (AvgIpc) is 2.61. The van der Waals surface area contributed by atoms with Gasteiger partial charge in [0.25, 0.3) is 0 Å². The maximum atomic E-state index is 13.2. The molecular weight excluding hydrogens is 272 g/mol. The predicted octanol–water partition coefficient (Wildman–Crippen LogP) is 3.57. The number of alkyl halides is 3. The molecule has 2 nitrogen and oxygen atoms in total. The van der Waals surface area contributed by atoms with Gasteiger partial charge in [0.15, 0.2) is 0 Å². The Morgan fingerprint density at radius 3 is 2.11 bits per heavy atom. The van der Waals surface area contributed by atoms with E-state index in [4.69, 9.17) is 11.6 Å². The van der Waals surface area contributed by atoms with Crippen LogP contribution in [0.1, 0.15) is 51.4 Å². The van der Waals surface area contributed by atoms with E-state index < -0.39 is 5.92 Å². The van der Waals surface area contributed by atoms with Crippen LogP contribution in [-0.2, 0) is 4.79 Å². The van der Waals surface area contributed by atoms with E-state index in [0.717, 1.165) is 25.7 Å². The lowest BCUT2D eigenvalue weighted by Crippen LogP contribution is -2.50. The van der Waals surface area contributed by atoms with Crippen molar-refractivity contribution in [3.8, 4) is 0 Å². The third kappa shape index (κ3) is 2.61. The molecule has 1 amide bonds. The molecule has 3 rings (SSSR count). The number of piperidine rings is 1. The molecule has 0 aromatic heterocycles. The molecular formula is C14H20ClF2NO. The Balaban J connectivity index is 1.65. The highest BCUT2D eigenvalue weighted by molar-refractivity contribution is 6.20. The molecule has 0 spiro atoms. The van der Waals surface area contributed by atoms with Crippen molar-refractivity contribution >= 4 is 17.5 Å². The summed E-state index contributed by atoms with van der Waals surface area (Å²) < 4.78 is 26.3. The number of carbonyl (C=O) groups is 1. The summed E-state index contributed by atoms with van der Waals surface area (Å²) in [6, 6.07) is 0.521. The summed E-state index contributed by atoms with van der Waals surface area (Å²) in [6.45, 7) is 0. The van der Waals surface area contributed by atoms with E-state index in [9.17, 15) is 13.6 Å². The molecule has 108 valence electrons. The van der Waals surface area contributed by atoms with Crippen molar-refractivity contribution in [2.24, 2.45) is 5.92 Å². The van der Waals surface area contributed by atoms with Crippen LogP contribution >= 0.6 is 11.6 Å². The molecule has 5 heteroatoms. The fourth-order valence-corrected chi connectivity index (χ4v) is 4.38. The molecule has 0 aromatic carbocycles. The van der Waals surface area contributed by atoms with E-state index >= 15 is 0 Å². The first kappa shape index (κ1) is 13.6. The molecule has 3 aliphatic rings. The second kappa shape index (κ2) is 4.87. The minimum atomic E-state index is -2.56. The van der Waals surface area contributed by atoms with Crippen LogP contribution in [0.2, 0.25) is 0 Å². The van der Waals surface area contributed by atoms with Crippen LogP contribution in [-0.4, -0.2) is 34.2 Å². The van der Waals surface area contributed by atoms with Crippen molar-refractivity contribution in [1.29, 1.82) is 0 Å².